The number of carbonyl (C=O) groups is 1. The first kappa shape index (κ1) is 13.4. The van der Waals surface area contributed by atoms with Gasteiger partial charge in [-0.3, -0.25) is 9.69 Å². The molecule has 1 amide bonds. The normalized spacial score (nSPS) is 24.1. The van der Waals surface area contributed by atoms with Crippen LogP contribution in [-0.2, 0) is 11.3 Å². The maximum Gasteiger partial charge on any atom is 0.216 e. The summed E-state index contributed by atoms with van der Waals surface area (Å²) >= 11 is 6.33. The Morgan fingerprint density at radius 1 is 1.39 bits per heavy atom. The Hall–Kier alpha value is -1.06. The van der Waals surface area contributed by atoms with Crippen LogP contribution in [-0.4, -0.2) is 35.8 Å². The van der Waals surface area contributed by atoms with Crippen LogP contribution in [0.1, 0.15) is 12.5 Å². The number of nitrogens with zero attached hydrogens (tertiary/aromatic N) is 1. The average molecular weight is 267 g/mol. The zero-order valence-corrected chi connectivity index (χ0v) is 11.4. The topological polar surface area (TPSA) is 32.3 Å². The molecule has 0 bridgehead atoms. The molecule has 0 aliphatic carbocycles. The van der Waals surface area contributed by atoms with Crippen molar-refractivity contribution in [2.24, 2.45) is 5.92 Å². The maximum atomic E-state index is 10.9. The molecule has 4 heteroatoms. The van der Waals surface area contributed by atoms with Crippen molar-refractivity contribution >= 4 is 17.5 Å². The van der Waals surface area contributed by atoms with Gasteiger partial charge in [0.15, 0.2) is 0 Å². The van der Waals surface area contributed by atoms with Gasteiger partial charge in [0, 0.05) is 39.0 Å². The van der Waals surface area contributed by atoms with E-state index >= 15 is 0 Å². The van der Waals surface area contributed by atoms with Gasteiger partial charge < -0.3 is 5.32 Å². The molecule has 98 valence electrons. The van der Waals surface area contributed by atoms with Crippen LogP contribution >= 0.6 is 11.6 Å². The predicted octanol–water partition coefficient (Wildman–Crippen LogP) is 1.86. The minimum absolute atomic E-state index is 0.0142. The summed E-state index contributed by atoms with van der Waals surface area (Å²) in [5.41, 5.74) is 1.31. The monoisotopic (exact) mass is 266 g/mol. The number of hydrogen-bond acceptors (Lipinski definition) is 2. The molecule has 0 saturated carbocycles. The van der Waals surface area contributed by atoms with E-state index in [-0.39, 0.29) is 11.3 Å². The van der Waals surface area contributed by atoms with Gasteiger partial charge in [-0.2, -0.15) is 0 Å². The molecule has 1 aliphatic heterocycles. The standard InChI is InChI=1S/C14H19ClN2O/c1-11(18)16-7-13-9-17(10-14(13)15)8-12-5-3-2-4-6-12/h2-6,13-14H,7-10H2,1H3,(H,16,18)/t13-,14-/m0/s1. The summed E-state index contributed by atoms with van der Waals surface area (Å²) in [5.74, 6) is 0.361. The zero-order valence-electron chi connectivity index (χ0n) is 10.6. The van der Waals surface area contributed by atoms with Crippen LogP contribution in [0.15, 0.2) is 30.3 Å². The fourth-order valence-corrected chi connectivity index (χ4v) is 2.72. The van der Waals surface area contributed by atoms with E-state index in [1.54, 1.807) is 6.92 Å². The summed E-state index contributed by atoms with van der Waals surface area (Å²) in [6.07, 6.45) is 0. The Bertz CT molecular complexity index is 396. The number of rotatable bonds is 4. The highest BCUT2D eigenvalue weighted by Crippen LogP contribution is 2.23. The van der Waals surface area contributed by atoms with Crippen LogP contribution in [0.25, 0.3) is 0 Å². The van der Waals surface area contributed by atoms with Crippen molar-refractivity contribution < 1.29 is 4.79 Å². The molecule has 2 atom stereocenters. The Balaban J connectivity index is 1.84. The van der Waals surface area contributed by atoms with Crippen LogP contribution in [0.3, 0.4) is 0 Å². The van der Waals surface area contributed by atoms with E-state index in [2.05, 4.69) is 34.5 Å². The quantitative estimate of drug-likeness (QED) is 0.844. The first-order valence-electron chi connectivity index (χ1n) is 6.30. The van der Waals surface area contributed by atoms with Gasteiger partial charge in [0.1, 0.15) is 0 Å². The molecule has 0 spiro atoms. The van der Waals surface area contributed by atoms with E-state index in [9.17, 15) is 4.79 Å². The molecule has 3 nitrogen and oxygen atoms in total. The largest absolute Gasteiger partial charge is 0.356 e. The minimum Gasteiger partial charge on any atom is -0.356 e. The first-order valence-corrected chi connectivity index (χ1v) is 6.73. The summed E-state index contributed by atoms with van der Waals surface area (Å²) in [5, 5.41) is 2.98. The summed E-state index contributed by atoms with van der Waals surface area (Å²) < 4.78 is 0. The van der Waals surface area contributed by atoms with Crippen molar-refractivity contribution in [2.75, 3.05) is 19.6 Å². The molecule has 0 radical (unpaired) electrons. The van der Waals surface area contributed by atoms with E-state index in [4.69, 9.17) is 11.6 Å². The minimum atomic E-state index is 0.0142. The van der Waals surface area contributed by atoms with Gasteiger partial charge in [-0.15, -0.1) is 11.6 Å². The van der Waals surface area contributed by atoms with Crippen molar-refractivity contribution in [3.8, 4) is 0 Å². The lowest BCUT2D eigenvalue weighted by atomic mass is 10.1. The zero-order chi connectivity index (χ0) is 13.0. The lowest BCUT2D eigenvalue weighted by Gasteiger charge is -2.15. The predicted molar refractivity (Wildman–Crippen MR) is 73.5 cm³/mol. The molecule has 1 aromatic rings. The van der Waals surface area contributed by atoms with Crippen LogP contribution in [0.5, 0.6) is 0 Å². The second kappa shape index (κ2) is 6.21. The summed E-state index contributed by atoms with van der Waals surface area (Å²) in [6, 6.07) is 10.4. The van der Waals surface area contributed by atoms with Crippen LogP contribution in [0.2, 0.25) is 0 Å². The van der Waals surface area contributed by atoms with Gasteiger partial charge in [-0.1, -0.05) is 30.3 Å². The smallest absolute Gasteiger partial charge is 0.216 e. The van der Waals surface area contributed by atoms with Gasteiger partial charge in [0.25, 0.3) is 0 Å². The van der Waals surface area contributed by atoms with E-state index in [0.29, 0.717) is 12.5 Å². The third-order valence-electron chi connectivity index (χ3n) is 3.30. The van der Waals surface area contributed by atoms with Crippen LogP contribution in [0, 0.1) is 5.92 Å². The number of benzene rings is 1. The van der Waals surface area contributed by atoms with Crippen molar-refractivity contribution in [2.45, 2.75) is 18.8 Å². The SMILES string of the molecule is CC(=O)NC[C@H]1CN(Cc2ccccc2)C[C@@H]1Cl. The van der Waals surface area contributed by atoms with Crippen molar-refractivity contribution in [1.29, 1.82) is 0 Å². The average Bonchev–Trinajstić information content (AvgIpc) is 2.68. The van der Waals surface area contributed by atoms with Gasteiger partial charge in [-0.25, -0.2) is 0 Å². The number of carbonyl (C=O) groups excluding carboxylic acids is 1. The molecular formula is C14H19ClN2O. The number of hydrogen-bond donors (Lipinski definition) is 1. The first-order chi connectivity index (χ1) is 8.65. The van der Waals surface area contributed by atoms with Crippen LogP contribution in [0.4, 0.5) is 0 Å². The lowest BCUT2D eigenvalue weighted by molar-refractivity contribution is -0.119. The van der Waals surface area contributed by atoms with Gasteiger partial charge >= 0.3 is 0 Å². The van der Waals surface area contributed by atoms with Crippen molar-refractivity contribution in [3.05, 3.63) is 35.9 Å². The molecule has 1 saturated heterocycles. The van der Waals surface area contributed by atoms with Gasteiger partial charge in [-0.05, 0) is 5.56 Å². The highest BCUT2D eigenvalue weighted by atomic mass is 35.5. The lowest BCUT2D eigenvalue weighted by Crippen LogP contribution is -2.31. The number of alkyl halides is 1. The Morgan fingerprint density at radius 3 is 2.78 bits per heavy atom. The molecule has 0 unspecified atom stereocenters. The summed E-state index contributed by atoms with van der Waals surface area (Å²) in [7, 11) is 0. The molecule has 2 rings (SSSR count). The molecule has 1 aromatic carbocycles. The highest BCUT2D eigenvalue weighted by Gasteiger charge is 2.31. The van der Waals surface area contributed by atoms with Crippen molar-refractivity contribution in [3.63, 3.8) is 0 Å². The molecule has 1 fully saturated rings. The molecule has 0 aromatic heterocycles. The second-order valence-corrected chi connectivity index (χ2v) is 5.45. The highest BCUT2D eigenvalue weighted by molar-refractivity contribution is 6.21. The van der Waals surface area contributed by atoms with Crippen LogP contribution < -0.4 is 5.32 Å². The van der Waals surface area contributed by atoms with E-state index < -0.39 is 0 Å². The summed E-state index contributed by atoms with van der Waals surface area (Å²) in [6.45, 7) is 4.99. The van der Waals surface area contributed by atoms with Crippen molar-refractivity contribution in [1.82, 2.24) is 10.2 Å². The van der Waals surface area contributed by atoms with Gasteiger partial charge in [0.05, 0.1) is 5.38 Å². The van der Waals surface area contributed by atoms with E-state index in [1.807, 2.05) is 6.07 Å². The fraction of sp³-hybridized carbons (Fsp3) is 0.500. The van der Waals surface area contributed by atoms with E-state index in [1.165, 1.54) is 5.56 Å². The number of nitrogens with one attached hydrogen (secondary N) is 1. The second-order valence-electron chi connectivity index (χ2n) is 4.89. The maximum absolute atomic E-state index is 10.9. The Morgan fingerprint density at radius 2 is 2.11 bits per heavy atom. The third kappa shape index (κ3) is 3.72. The summed E-state index contributed by atoms with van der Waals surface area (Å²) in [4.78, 5) is 13.3. The fourth-order valence-electron chi connectivity index (χ4n) is 2.35. The molecule has 1 heterocycles. The van der Waals surface area contributed by atoms with Gasteiger partial charge in [0.2, 0.25) is 5.91 Å². The Kier molecular flexibility index (Phi) is 4.61. The Labute approximate surface area is 113 Å². The molecule has 18 heavy (non-hydrogen) atoms. The molecule has 1 aliphatic rings. The number of halogens is 1. The molecular weight excluding hydrogens is 248 g/mol. The third-order valence-corrected chi connectivity index (χ3v) is 3.79. The number of amides is 1. The van der Waals surface area contributed by atoms with E-state index in [0.717, 1.165) is 19.6 Å². The molecule has 1 N–H and O–H groups in total. The number of likely N-dealkylation sites (tertiary alicyclic amines) is 1.